The Morgan fingerprint density at radius 2 is 1.81 bits per heavy atom. The minimum absolute atomic E-state index is 0.157. The largest absolute Gasteiger partial charge is 0.384 e. The number of thioether (sulfide) groups is 1. The van der Waals surface area contributed by atoms with E-state index in [9.17, 15) is 9.59 Å². The number of aromatic nitrogens is 2. The van der Waals surface area contributed by atoms with Crippen LogP contribution in [0.5, 0.6) is 0 Å². The van der Waals surface area contributed by atoms with E-state index in [-0.39, 0.29) is 16.8 Å². The van der Waals surface area contributed by atoms with Gasteiger partial charge in [0.25, 0.3) is 5.56 Å². The van der Waals surface area contributed by atoms with Crippen LogP contribution in [0.3, 0.4) is 0 Å². The van der Waals surface area contributed by atoms with Crippen molar-refractivity contribution in [1.29, 1.82) is 0 Å². The summed E-state index contributed by atoms with van der Waals surface area (Å²) in [6, 6.07) is 18.3. The van der Waals surface area contributed by atoms with Crippen molar-refractivity contribution in [2.75, 3.05) is 18.8 Å². The van der Waals surface area contributed by atoms with Crippen LogP contribution in [-0.4, -0.2) is 27.3 Å². The van der Waals surface area contributed by atoms with Gasteiger partial charge in [-0.05, 0) is 47.6 Å². The fourth-order valence-corrected chi connectivity index (χ4v) is 5.31. The maximum atomic E-state index is 13.3. The zero-order valence-corrected chi connectivity index (χ0v) is 22.3. The summed E-state index contributed by atoms with van der Waals surface area (Å²) in [6.07, 6.45) is 1.15. The Bertz CT molecular complexity index is 1350. The number of anilines is 1. The first-order valence-electron chi connectivity index (χ1n) is 12.3. The first kappa shape index (κ1) is 26.0. The molecule has 36 heavy (non-hydrogen) atoms. The van der Waals surface area contributed by atoms with Gasteiger partial charge in [-0.15, -0.1) is 0 Å². The van der Waals surface area contributed by atoms with Gasteiger partial charge in [0, 0.05) is 25.0 Å². The molecule has 1 atom stereocenters. The predicted molar refractivity (Wildman–Crippen MR) is 149 cm³/mol. The van der Waals surface area contributed by atoms with E-state index in [1.807, 2.05) is 51.1 Å². The summed E-state index contributed by atoms with van der Waals surface area (Å²) in [5, 5.41) is 3.92. The number of nitrogen functional groups attached to an aromatic ring is 1. The lowest BCUT2D eigenvalue weighted by molar-refractivity contribution is 0.334. The zero-order valence-electron chi connectivity index (χ0n) is 21.5. The third-order valence-corrected chi connectivity index (χ3v) is 7.34. The van der Waals surface area contributed by atoms with Gasteiger partial charge in [-0.25, -0.2) is 4.79 Å². The molecule has 1 fully saturated rings. The van der Waals surface area contributed by atoms with Gasteiger partial charge in [0.15, 0.2) is 0 Å². The summed E-state index contributed by atoms with van der Waals surface area (Å²) in [5.41, 5.74) is 8.12. The van der Waals surface area contributed by atoms with E-state index < -0.39 is 11.2 Å². The quantitative estimate of drug-likeness (QED) is 0.300. The second-order valence-electron chi connectivity index (χ2n) is 10.5. The predicted octanol–water partition coefficient (Wildman–Crippen LogP) is 3.99. The molecule has 1 aliphatic heterocycles. The van der Waals surface area contributed by atoms with Gasteiger partial charge in [-0.2, -0.15) is 0 Å². The average molecular weight is 506 g/mol. The van der Waals surface area contributed by atoms with Gasteiger partial charge in [-0.3, -0.25) is 18.9 Å². The Morgan fingerprint density at radius 1 is 1.11 bits per heavy atom. The third-order valence-electron chi connectivity index (χ3n) is 6.30. The first-order valence-corrected chi connectivity index (χ1v) is 13.1. The molecule has 0 aliphatic carbocycles. The van der Waals surface area contributed by atoms with Crippen LogP contribution in [0.2, 0.25) is 0 Å². The first-order chi connectivity index (χ1) is 17.1. The number of nitrogens with one attached hydrogen (secondary N) is 1. The van der Waals surface area contributed by atoms with Gasteiger partial charge in [-0.1, -0.05) is 75.0 Å². The van der Waals surface area contributed by atoms with Crippen molar-refractivity contribution in [2.45, 2.75) is 51.1 Å². The number of rotatable bonds is 6. The van der Waals surface area contributed by atoms with Crippen molar-refractivity contribution in [2.24, 2.45) is 17.5 Å². The van der Waals surface area contributed by atoms with Crippen LogP contribution < -0.4 is 22.3 Å². The molecule has 8 heteroatoms. The van der Waals surface area contributed by atoms with Crippen LogP contribution in [-0.2, 0) is 20.1 Å². The molecule has 0 amide bonds. The number of hydrogen-bond acceptors (Lipinski definition) is 6. The summed E-state index contributed by atoms with van der Waals surface area (Å²) in [7, 11) is 1.49. The normalized spacial score (nSPS) is 16.4. The van der Waals surface area contributed by atoms with Crippen molar-refractivity contribution in [3.05, 3.63) is 92.1 Å². The maximum Gasteiger partial charge on any atom is 0.332 e. The van der Waals surface area contributed by atoms with E-state index in [4.69, 9.17) is 10.7 Å². The average Bonchev–Trinajstić information content (AvgIpc) is 3.39. The molecule has 4 rings (SSSR count). The molecule has 1 aromatic heterocycles. The Morgan fingerprint density at radius 3 is 2.42 bits per heavy atom. The van der Waals surface area contributed by atoms with Crippen molar-refractivity contribution in [3.8, 4) is 0 Å². The molecular weight excluding hydrogens is 470 g/mol. The van der Waals surface area contributed by atoms with Crippen molar-refractivity contribution in [3.63, 3.8) is 0 Å². The highest BCUT2D eigenvalue weighted by Gasteiger charge is 2.24. The zero-order chi connectivity index (χ0) is 25.9. The Balaban J connectivity index is 1.75. The van der Waals surface area contributed by atoms with E-state index in [2.05, 4.69) is 29.6 Å². The number of hydrogen-bond donors (Lipinski definition) is 2. The van der Waals surface area contributed by atoms with Gasteiger partial charge >= 0.3 is 5.69 Å². The number of nitrogens with zero attached hydrogens (tertiary/aromatic N) is 3. The molecule has 3 aromatic rings. The van der Waals surface area contributed by atoms with Crippen molar-refractivity contribution >= 4 is 22.6 Å². The molecule has 1 unspecified atom stereocenters. The lowest BCUT2D eigenvalue weighted by atomic mass is 9.97. The van der Waals surface area contributed by atoms with E-state index in [0.717, 1.165) is 34.5 Å². The van der Waals surface area contributed by atoms with Crippen LogP contribution in [0.1, 0.15) is 49.8 Å². The third kappa shape index (κ3) is 5.99. The standard InChI is InChI=1S/C28H35N5O2S/c1-28(2,3)18-33-24(29)23(26(34)32(4)27(33)35)25(36-22-8-6-5-7-9-22)31-16-19-10-12-20(13-11-19)21-14-15-30-17-21/h5-13,21,30H,14-18,29H2,1-4H3. The SMILES string of the molecule is Cn1c(=O)c(C(=NCc2ccc(C3CCNC3)cc2)Sc2ccccc2)c(N)n(CC(C)(C)C)c1=O. The summed E-state index contributed by atoms with van der Waals surface area (Å²) < 4.78 is 2.62. The molecule has 1 saturated heterocycles. The molecule has 0 saturated carbocycles. The van der Waals surface area contributed by atoms with Gasteiger partial charge in [0.05, 0.1) is 6.54 Å². The highest BCUT2D eigenvalue weighted by Crippen LogP contribution is 2.27. The second-order valence-corrected chi connectivity index (χ2v) is 11.6. The minimum atomic E-state index is -0.436. The van der Waals surface area contributed by atoms with Crippen LogP contribution in [0, 0.1) is 5.41 Å². The minimum Gasteiger partial charge on any atom is -0.384 e. The van der Waals surface area contributed by atoms with Gasteiger partial charge < -0.3 is 11.1 Å². The monoisotopic (exact) mass is 505 g/mol. The van der Waals surface area contributed by atoms with E-state index >= 15 is 0 Å². The van der Waals surface area contributed by atoms with E-state index in [1.165, 1.54) is 28.9 Å². The van der Waals surface area contributed by atoms with Crippen LogP contribution in [0.25, 0.3) is 0 Å². The fraction of sp³-hybridized carbons (Fsp3) is 0.393. The van der Waals surface area contributed by atoms with Gasteiger partial charge in [0.2, 0.25) is 0 Å². The lowest BCUT2D eigenvalue weighted by Crippen LogP contribution is -2.43. The van der Waals surface area contributed by atoms with Crippen LogP contribution in [0.15, 0.2) is 74.1 Å². The molecule has 190 valence electrons. The van der Waals surface area contributed by atoms with Crippen molar-refractivity contribution < 1.29 is 0 Å². The second kappa shape index (κ2) is 10.9. The summed E-state index contributed by atoms with van der Waals surface area (Å²) in [6.45, 7) is 8.96. The molecular formula is C28H35N5O2S. The summed E-state index contributed by atoms with van der Waals surface area (Å²) in [4.78, 5) is 32.1. The molecule has 0 bridgehead atoms. The highest BCUT2D eigenvalue weighted by molar-refractivity contribution is 8.14. The molecule has 2 aromatic carbocycles. The molecule has 7 nitrogen and oxygen atoms in total. The smallest absolute Gasteiger partial charge is 0.332 e. The Labute approximate surface area is 216 Å². The van der Waals surface area contributed by atoms with Gasteiger partial charge in [0.1, 0.15) is 16.4 Å². The van der Waals surface area contributed by atoms with Crippen LogP contribution >= 0.6 is 11.8 Å². The molecule has 0 radical (unpaired) electrons. The summed E-state index contributed by atoms with van der Waals surface area (Å²) >= 11 is 1.39. The van der Waals surface area contributed by atoms with E-state index in [1.54, 1.807) is 0 Å². The summed E-state index contributed by atoms with van der Waals surface area (Å²) in [5.74, 6) is 0.711. The van der Waals surface area contributed by atoms with E-state index in [0.29, 0.717) is 24.1 Å². The molecule has 0 spiro atoms. The number of aliphatic imine (C=N–C) groups is 1. The topological polar surface area (TPSA) is 94.4 Å². The van der Waals surface area contributed by atoms with Crippen LogP contribution in [0.4, 0.5) is 5.82 Å². The fourth-order valence-electron chi connectivity index (χ4n) is 4.37. The molecule has 1 aliphatic rings. The lowest BCUT2D eigenvalue weighted by Gasteiger charge is -2.23. The van der Waals surface area contributed by atoms with Crippen molar-refractivity contribution in [1.82, 2.24) is 14.5 Å². The molecule has 2 heterocycles. The highest BCUT2D eigenvalue weighted by atomic mass is 32.2. The number of benzene rings is 2. The Hall–Kier alpha value is -3.10. The molecule has 3 N–H and O–H groups in total. The maximum absolute atomic E-state index is 13.3. The Kier molecular flexibility index (Phi) is 7.85. The number of nitrogens with two attached hydrogens (primary N) is 1.